The van der Waals surface area contributed by atoms with Crippen molar-refractivity contribution < 1.29 is 28.5 Å². The second kappa shape index (κ2) is 9.62. The molecule has 10 nitrogen and oxygen atoms in total. The minimum atomic E-state index is -4.96. The fourth-order valence-electron chi connectivity index (χ4n) is 4.62. The lowest BCUT2D eigenvalue weighted by Crippen LogP contribution is -2.23. The van der Waals surface area contributed by atoms with Gasteiger partial charge in [0.05, 0.1) is 17.0 Å². The average Bonchev–Trinajstić information content (AvgIpc) is 3.57. The second-order valence-corrected chi connectivity index (χ2v) is 10.9. The van der Waals surface area contributed by atoms with Gasteiger partial charge in [-0.05, 0) is 30.5 Å². The van der Waals surface area contributed by atoms with E-state index >= 15 is 0 Å². The standard InChI is InChI=1S/C26H24F3N7O3S/c1-13-17(21(38)35(33-13)23-30-10-7-11-31-23)19(25(2,3)4)18-20(26(27,28)29)34-36(22(18)39)24-32-15(12-40-24)14-8-5-6-9-16(14)37/h5-12,19,37-39H,1-4H3. The minimum absolute atomic E-state index is 0.0254. The molecule has 0 saturated heterocycles. The highest BCUT2D eigenvalue weighted by atomic mass is 32.1. The Kier molecular flexibility index (Phi) is 6.53. The maximum Gasteiger partial charge on any atom is 0.435 e. The smallest absolute Gasteiger partial charge is 0.435 e. The Labute approximate surface area is 230 Å². The van der Waals surface area contributed by atoms with Gasteiger partial charge >= 0.3 is 6.18 Å². The van der Waals surface area contributed by atoms with Crippen molar-refractivity contribution in [2.24, 2.45) is 5.41 Å². The lowest BCUT2D eigenvalue weighted by atomic mass is 9.72. The molecular formula is C26H24F3N7O3S. The van der Waals surface area contributed by atoms with Crippen LogP contribution in [0.15, 0.2) is 48.1 Å². The number of thiazole rings is 1. The number of rotatable bonds is 5. The average molecular weight is 572 g/mol. The third-order valence-corrected chi connectivity index (χ3v) is 7.10. The SMILES string of the molecule is Cc1nn(-c2ncccn2)c(O)c1C(c1c(C(F)(F)F)nn(-c2nc(-c3ccccc3O)cs2)c1O)C(C)(C)C. The molecule has 208 valence electrons. The molecule has 0 spiro atoms. The Bertz CT molecular complexity index is 1690. The number of aromatic hydroxyl groups is 3. The second-order valence-electron chi connectivity index (χ2n) is 10.1. The number of aryl methyl sites for hydroxylation is 1. The maximum atomic E-state index is 14.5. The molecule has 40 heavy (non-hydrogen) atoms. The molecule has 0 saturated carbocycles. The van der Waals surface area contributed by atoms with Gasteiger partial charge in [0.2, 0.25) is 16.9 Å². The Balaban J connectivity index is 1.72. The molecule has 0 aliphatic heterocycles. The van der Waals surface area contributed by atoms with E-state index in [2.05, 4.69) is 25.1 Å². The first-order valence-electron chi connectivity index (χ1n) is 12.0. The number of aromatic nitrogens is 7. The van der Waals surface area contributed by atoms with E-state index in [9.17, 15) is 28.5 Å². The van der Waals surface area contributed by atoms with E-state index in [4.69, 9.17) is 0 Å². The zero-order valence-corrected chi connectivity index (χ0v) is 22.5. The van der Waals surface area contributed by atoms with Crippen molar-refractivity contribution in [3.63, 3.8) is 0 Å². The summed E-state index contributed by atoms with van der Waals surface area (Å²) in [6.45, 7) is 6.60. The highest BCUT2D eigenvalue weighted by molar-refractivity contribution is 7.12. The zero-order valence-electron chi connectivity index (χ0n) is 21.7. The van der Waals surface area contributed by atoms with Gasteiger partial charge in [0.15, 0.2) is 5.69 Å². The Hall–Kier alpha value is -4.46. The highest BCUT2D eigenvalue weighted by Gasteiger charge is 2.47. The van der Waals surface area contributed by atoms with Crippen LogP contribution in [0.2, 0.25) is 0 Å². The van der Waals surface area contributed by atoms with Crippen LogP contribution in [0, 0.1) is 12.3 Å². The summed E-state index contributed by atoms with van der Waals surface area (Å²) in [4.78, 5) is 12.5. The lowest BCUT2D eigenvalue weighted by molar-refractivity contribution is -0.142. The molecule has 1 unspecified atom stereocenters. The molecule has 4 heterocycles. The Morgan fingerprint density at radius 1 is 0.875 bits per heavy atom. The van der Waals surface area contributed by atoms with Crippen LogP contribution >= 0.6 is 11.3 Å². The summed E-state index contributed by atoms with van der Waals surface area (Å²) >= 11 is 0.944. The largest absolute Gasteiger partial charge is 0.507 e. The van der Waals surface area contributed by atoms with E-state index in [-0.39, 0.29) is 28.1 Å². The van der Waals surface area contributed by atoms with Crippen molar-refractivity contribution in [2.45, 2.75) is 39.8 Å². The summed E-state index contributed by atoms with van der Waals surface area (Å²) in [5.74, 6) is -2.49. The normalized spacial score (nSPS) is 13.1. The topological polar surface area (TPSA) is 135 Å². The molecule has 5 aromatic rings. The number of benzene rings is 1. The van der Waals surface area contributed by atoms with E-state index in [1.54, 1.807) is 57.3 Å². The monoisotopic (exact) mass is 571 g/mol. The Morgan fingerprint density at radius 2 is 1.52 bits per heavy atom. The zero-order chi connectivity index (χ0) is 29.0. The van der Waals surface area contributed by atoms with Crippen LogP contribution in [0.5, 0.6) is 17.5 Å². The molecule has 0 aliphatic rings. The van der Waals surface area contributed by atoms with E-state index < -0.39 is 40.5 Å². The summed E-state index contributed by atoms with van der Waals surface area (Å²) in [5, 5.41) is 42.3. The van der Waals surface area contributed by atoms with Gasteiger partial charge in [0.25, 0.3) is 5.95 Å². The van der Waals surface area contributed by atoms with Crippen molar-refractivity contribution >= 4 is 11.3 Å². The summed E-state index contributed by atoms with van der Waals surface area (Å²) in [6, 6.07) is 7.95. The van der Waals surface area contributed by atoms with E-state index in [0.717, 1.165) is 20.7 Å². The number of hydrogen-bond donors (Lipinski definition) is 3. The first-order chi connectivity index (χ1) is 18.8. The third-order valence-electron chi connectivity index (χ3n) is 6.28. The van der Waals surface area contributed by atoms with Crippen LogP contribution in [0.4, 0.5) is 13.2 Å². The molecule has 14 heteroatoms. The molecule has 0 amide bonds. The molecule has 3 N–H and O–H groups in total. The maximum absolute atomic E-state index is 14.5. The van der Waals surface area contributed by atoms with E-state index in [0.29, 0.717) is 11.3 Å². The number of para-hydroxylation sites is 1. The lowest BCUT2D eigenvalue weighted by Gasteiger charge is -2.31. The molecule has 0 fully saturated rings. The summed E-state index contributed by atoms with van der Waals surface area (Å²) < 4.78 is 45.2. The summed E-state index contributed by atoms with van der Waals surface area (Å²) in [6.07, 6.45) is -2.08. The third kappa shape index (κ3) is 4.63. The molecule has 0 aliphatic carbocycles. The minimum Gasteiger partial charge on any atom is -0.507 e. The van der Waals surface area contributed by atoms with Gasteiger partial charge in [-0.3, -0.25) is 0 Å². The van der Waals surface area contributed by atoms with Gasteiger partial charge in [-0.1, -0.05) is 32.9 Å². The Morgan fingerprint density at radius 3 is 2.15 bits per heavy atom. The van der Waals surface area contributed by atoms with Crippen molar-refractivity contribution in [1.29, 1.82) is 0 Å². The molecule has 1 atom stereocenters. The number of halogens is 3. The first-order valence-corrected chi connectivity index (χ1v) is 12.9. The van der Waals surface area contributed by atoms with Gasteiger partial charge < -0.3 is 15.3 Å². The van der Waals surface area contributed by atoms with Crippen molar-refractivity contribution in [2.75, 3.05) is 0 Å². The van der Waals surface area contributed by atoms with Crippen LogP contribution in [-0.2, 0) is 6.18 Å². The van der Waals surface area contributed by atoms with Crippen molar-refractivity contribution in [3.05, 3.63) is 70.6 Å². The van der Waals surface area contributed by atoms with E-state index in [1.807, 2.05) is 0 Å². The molecule has 0 radical (unpaired) electrons. The number of hydrogen-bond acceptors (Lipinski definition) is 9. The number of phenolic OH excluding ortho intramolecular Hbond substituents is 1. The van der Waals surface area contributed by atoms with Gasteiger partial charge in [-0.15, -0.1) is 11.3 Å². The van der Waals surface area contributed by atoms with E-state index in [1.165, 1.54) is 18.5 Å². The van der Waals surface area contributed by atoms with Gasteiger partial charge in [0, 0.05) is 34.8 Å². The number of phenols is 1. The van der Waals surface area contributed by atoms with Crippen LogP contribution < -0.4 is 0 Å². The van der Waals surface area contributed by atoms with Crippen molar-refractivity contribution in [3.8, 4) is 39.8 Å². The van der Waals surface area contributed by atoms with Gasteiger partial charge in [-0.2, -0.15) is 32.7 Å². The molecule has 0 bridgehead atoms. The molecule has 4 aromatic heterocycles. The fourth-order valence-corrected chi connectivity index (χ4v) is 5.40. The molecule has 1 aromatic carbocycles. The van der Waals surface area contributed by atoms with Crippen LogP contribution in [-0.4, -0.2) is 49.8 Å². The van der Waals surface area contributed by atoms with Crippen molar-refractivity contribution in [1.82, 2.24) is 34.5 Å². The highest BCUT2D eigenvalue weighted by Crippen LogP contribution is 2.52. The quantitative estimate of drug-likeness (QED) is 0.248. The predicted molar refractivity (Wildman–Crippen MR) is 140 cm³/mol. The summed E-state index contributed by atoms with van der Waals surface area (Å²) in [7, 11) is 0. The first kappa shape index (κ1) is 27.1. The molecule has 5 rings (SSSR count). The van der Waals surface area contributed by atoms with Gasteiger partial charge in [0.1, 0.15) is 5.75 Å². The van der Waals surface area contributed by atoms with Crippen LogP contribution in [0.3, 0.4) is 0 Å². The van der Waals surface area contributed by atoms with Gasteiger partial charge in [-0.25, -0.2) is 15.0 Å². The molecular weight excluding hydrogens is 547 g/mol. The van der Waals surface area contributed by atoms with Crippen LogP contribution in [0.1, 0.15) is 49.2 Å². The fraction of sp³-hybridized carbons (Fsp3) is 0.269. The number of nitrogens with zero attached hydrogens (tertiary/aromatic N) is 7. The summed E-state index contributed by atoms with van der Waals surface area (Å²) in [5.41, 5.74) is -1.87. The van der Waals surface area contributed by atoms with Crippen LogP contribution in [0.25, 0.3) is 22.3 Å². The number of alkyl halides is 3. The predicted octanol–water partition coefficient (Wildman–Crippen LogP) is 5.59.